The maximum Gasteiger partial charge on any atom is 0.340 e. The smallest absolute Gasteiger partial charge is 0.340 e. The molecule has 1 aliphatic rings. The number of benzene rings is 1. The number of nitrogens with one attached hydrogen (secondary N) is 3. The van der Waals surface area contributed by atoms with Gasteiger partial charge in [0.25, 0.3) is 11.8 Å². The maximum absolute atomic E-state index is 13.4. The standard InChI is InChI=1S/C25H32N4O7/c1-5-35-25(33)21-15(2)22(28-16(21)3)24(32)29-11-6-9-27-23(31)18-8-7-17(34-4)13-19(18)36-12-10-26-20(30)14-29/h7-8,13,28H,5-6,9-12,14H2,1-4H3,(H,26,30)(H,27,31). The van der Waals surface area contributed by atoms with Gasteiger partial charge in [0.1, 0.15) is 23.8 Å². The first kappa shape index (κ1) is 26.6. The largest absolute Gasteiger partial charge is 0.497 e. The highest BCUT2D eigenvalue weighted by Gasteiger charge is 2.27. The van der Waals surface area contributed by atoms with E-state index in [0.717, 1.165) is 0 Å². The highest BCUT2D eigenvalue weighted by Crippen LogP contribution is 2.25. The van der Waals surface area contributed by atoms with Crippen molar-refractivity contribution < 1.29 is 33.4 Å². The lowest BCUT2D eigenvalue weighted by atomic mass is 10.1. The Bertz CT molecular complexity index is 1140. The van der Waals surface area contributed by atoms with Crippen LogP contribution in [0.3, 0.4) is 0 Å². The zero-order valence-electron chi connectivity index (χ0n) is 21.0. The lowest BCUT2D eigenvalue weighted by molar-refractivity contribution is -0.121. The summed E-state index contributed by atoms with van der Waals surface area (Å²) in [6, 6.07) is 4.90. The second kappa shape index (κ2) is 12.1. The van der Waals surface area contributed by atoms with Crippen molar-refractivity contribution in [1.29, 1.82) is 0 Å². The van der Waals surface area contributed by atoms with Gasteiger partial charge in [-0.05, 0) is 44.9 Å². The Morgan fingerprint density at radius 3 is 2.64 bits per heavy atom. The minimum Gasteiger partial charge on any atom is -0.497 e. The number of fused-ring (bicyclic) bond motifs is 1. The van der Waals surface area contributed by atoms with Crippen molar-refractivity contribution >= 4 is 23.7 Å². The summed E-state index contributed by atoms with van der Waals surface area (Å²) in [4.78, 5) is 55.4. The van der Waals surface area contributed by atoms with E-state index in [-0.39, 0.29) is 56.9 Å². The molecule has 11 nitrogen and oxygen atoms in total. The third-order valence-electron chi connectivity index (χ3n) is 5.76. The molecular weight excluding hydrogens is 468 g/mol. The highest BCUT2D eigenvalue weighted by molar-refractivity contribution is 6.01. The molecule has 0 fully saturated rings. The molecule has 3 amide bonds. The summed E-state index contributed by atoms with van der Waals surface area (Å²) in [5.74, 6) is -0.714. The third kappa shape index (κ3) is 6.15. The molecule has 194 valence electrons. The van der Waals surface area contributed by atoms with Crippen LogP contribution in [0.5, 0.6) is 11.5 Å². The Balaban J connectivity index is 1.79. The fourth-order valence-corrected chi connectivity index (χ4v) is 3.97. The van der Waals surface area contributed by atoms with Gasteiger partial charge < -0.3 is 34.7 Å². The van der Waals surface area contributed by atoms with Crippen molar-refractivity contribution in [2.45, 2.75) is 27.2 Å². The van der Waals surface area contributed by atoms with Crippen LogP contribution < -0.4 is 20.1 Å². The number of aryl methyl sites for hydroxylation is 1. The SMILES string of the molecule is CCOC(=O)c1c(C)[nH]c(C(=O)N2CCCNC(=O)c3ccc(OC)cc3OCCNC(=O)C2)c1C. The Morgan fingerprint density at radius 2 is 1.92 bits per heavy atom. The highest BCUT2D eigenvalue weighted by atomic mass is 16.5. The minimum atomic E-state index is -0.512. The summed E-state index contributed by atoms with van der Waals surface area (Å²) in [6.07, 6.45) is 0.403. The van der Waals surface area contributed by atoms with Crippen LogP contribution in [0.2, 0.25) is 0 Å². The Hall–Kier alpha value is -4.02. The number of nitrogens with zero attached hydrogens (tertiary/aromatic N) is 1. The molecule has 0 radical (unpaired) electrons. The summed E-state index contributed by atoms with van der Waals surface area (Å²) in [5.41, 5.74) is 1.85. The van der Waals surface area contributed by atoms with Crippen LogP contribution in [-0.4, -0.2) is 80.1 Å². The molecule has 1 aromatic heterocycles. The fraction of sp³-hybridized carbons (Fsp3) is 0.440. The van der Waals surface area contributed by atoms with Crippen LogP contribution in [0.15, 0.2) is 18.2 Å². The van der Waals surface area contributed by atoms with Crippen molar-refractivity contribution in [1.82, 2.24) is 20.5 Å². The van der Waals surface area contributed by atoms with E-state index in [1.807, 2.05) is 0 Å². The number of methoxy groups -OCH3 is 1. The Morgan fingerprint density at radius 1 is 1.14 bits per heavy atom. The van der Waals surface area contributed by atoms with Gasteiger partial charge in [-0.2, -0.15) is 0 Å². The van der Waals surface area contributed by atoms with E-state index in [9.17, 15) is 19.2 Å². The summed E-state index contributed by atoms with van der Waals surface area (Å²) < 4.78 is 16.0. The first-order chi connectivity index (χ1) is 17.3. The molecule has 0 unspecified atom stereocenters. The van der Waals surface area contributed by atoms with E-state index in [1.165, 1.54) is 12.0 Å². The van der Waals surface area contributed by atoms with Gasteiger partial charge in [0, 0.05) is 24.8 Å². The quantitative estimate of drug-likeness (QED) is 0.542. The molecule has 0 atom stereocenters. The summed E-state index contributed by atoms with van der Waals surface area (Å²) in [7, 11) is 1.52. The van der Waals surface area contributed by atoms with Gasteiger partial charge in [0.2, 0.25) is 5.91 Å². The number of rotatable bonds is 4. The zero-order valence-corrected chi connectivity index (χ0v) is 21.0. The topological polar surface area (TPSA) is 139 Å². The van der Waals surface area contributed by atoms with Gasteiger partial charge in [-0.1, -0.05) is 0 Å². The number of aromatic amines is 1. The van der Waals surface area contributed by atoms with E-state index in [1.54, 1.807) is 39.0 Å². The zero-order chi connectivity index (χ0) is 26.2. The number of hydrogen-bond acceptors (Lipinski definition) is 7. The first-order valence-corrected chi connectivity index (χ1v) is 11.8. The van der Waals surface area contributed by atoms with Crippen molar-refractivity contribution in [2.75, 3.05) is 46.5 Å². The monoisotopic (exact) mass is 500 g/mol. The molecule has 2 aromatic rings. The Kier molecular flexibility index (Phi) is 8.93. The molecule has 0 aliphatic carbocycles. The van der Waals surface area contributed by atoms with Crippen LogP contribution in [-0.2, 0) is 9.53 Å². The van der Waals surface area contributed by atoms with Crippen molar-refractivity contribution in [3.63, 3.8) is 0 Å². The fourth-order valence-electron chi connectivity index (χ4n) is 3.97. The third-order valence-corrected chi connectivity index (χ3v) is 5.76. The van der Waals surface area contributed by atoms with Crippen LogP contribution in [0.25, 0.3) is 0 Å². The number of H-pyrrole nitrogens is 1. The molecule has 0 saturated heterocycles. The molecule has 1 aliphatic heterocycles. The maximum atomic E-state index is 13.4. The van der Waals surface area contributed by atoms with Gasteiger partial charge in [0.05, 0.1) is 37.9 Å². The molecule has 36 heavy (non-hydrogen) atoms. The van der Waals surface area contributed by atoms with Crippen LogP contribution in [0.1, 0.15) is 55.8 Å². The number of carbonyl (C=O) groups is 4. The van der Waals surface area contributed by atoms with E-state index in [2.05, 4.69) is 15.6 Å². The number of hydrogen-bond donors (Lipinski definition) is 3. The molecule has 0 saturated carbocycles. The number of amides is 3. The normalized spacial score (nSPS) is 15.1. The van der Waals surface area contributed by atoms with E-state index < -0.39 is 11.9 Å². The van der Waals surface area contributed by atoms with Gasteiger partial charge in [0.15, 0.2) is 0 Å². The van der Waals surface area contributed by atoms with Crippen LogP contribution in [0, 0.1) is 13.8 Å². The van der Waals surface area contributed by atoms with Crippen LogP contribution >= 0.6 is 0 Å². The van der Waals surface area contributed by atoms with Crippen LogP contribution in [0.4, 0.5) is 0 Å². The van der Waals surface area contributed by atoms with E-state index >= 15 is 0 Å². The minimum absolute atomic E-state index is 0.116. The number of esters is 1. The second-order valence-electron chi connectivity index (χ2n) is 8.24. The van der Waals surface area contributed by atoms with Crippen molar-refractivity contribution in [3.05, 3.63) is 46.3 Å². The number of carbonyl (C=O) groups excluding carboxylic acids is 4. The molecule has 0 bridgehead atoms. The summed E-state index contributed by atoms with van der Waals surface area (Å²) in [5, 5.41) is 5.56. The number of ether oxygens (including phenoxy) is 3. The second-order valence-corrected chi connectivity index (χ2v) is 8.24. The molecule has 1 aromatic carbocycles. The predicted octanol–water partition coefficient (Wildman–Crippen LogP) is 1.59. The molecule has 2 heterocycles. The Labute approximate surface area is 209 Å². The number of aromatic nitrogens is 1. The molecular formula is C25H32N4O7. The van der Waals surface area contributed by atoms with E-state index in [4.69, 9.17) is 14.2 Å². The van der Waals surface area contributed by atoms with Crippen molar-refractivity contribution in [3.8, 4) is 11.5 Å². The van der Waals surface area contributed by atoms with Gasteiger partial charge in [-0.3, -0.25) is 14.4 Å². The summed E-state index contributed by atoms with van der Waals surface area (Å²) in [6.45, 7) is 5.86. The lowest BCUT2D eigenvalue weighted by Crippen LogP contribution is -2.43. The first-order valence-electron chi connectivity index (χ1n) is 11.8. The van der Waals surface area contributed by atoms with Gasteiger partial charge in [-0.15, -0.1) is 0 Å². The molecule has 11 heteroatoms. The average molecular weight is 501 g/mol. The molecule has 3 N–H and O–H groups in total. The molecule has 0 spiro atoms. The van der Waals surface area contributed by atoms with Gasteiger partial charge >= 0.3 is 5.97 Å². The van der Waals surface area contributed by atoms with Gasteiger partial charge in [-0.25, -0.2) is 4.79 Å². The predicted molar refractivity (Wildman–Crippen MR) is 131 cm³/mol. The molecule has 3 rings (SSSR count). The lowest BCUT2D eigenvalue weighted by Gasteiger charge is -2.23. The summed E-state index contributed by atoms with van der Waals surface area (Å²) >= 11 is 0. The van der Waals surface area contributed by atoms with E-state index in [0.29, 0.717) is 40.3 Å². The van der Waals surface area contributed by atoms with Crippen molar-refractivity contribution in [2.24, 2.45) is 0 Å². The average Bonchev–Trinajstić information content (AvgIpc) is 3.16.